The van der Waals surface area contributed by atoms with Crippen molar-refractivity contribution in [1.82, 2.24) is 0 Å². The first-order chi connectivity index (χ1) is 33.6. The molecule has 5 aromatic carbocycles. The van der Waals surface area contributed by atoms with Crippen LogP contribution in [0, 0.1) is 0 Å². The second-order valence-electron chi connectivity index (χ2n) is 15.0. The summed E-state index contributed by atoms with van der Waals surface area (Å²) in [5.74, 6) is -2.70. The Balaban J connectivity index is 1.27. The van der Waals surface area contributed by atoms with Crippen LogP contribution in [-0.4, -0.2) is 72.3 Å². The van der Waals surface area contributed by atoms with Crippen LogP contribution in [0.4, 0.5) is 34.1 Å². The first kappa shape index (κ1) is 54.5. The molecule has 0 aliphatic rings. The van der Waals surface area contributed by atoms with Crippen LogP contribution < -0.4 is 30.7 Å². The molecule has 0 bridgehead atoms. The van der Waals surface area contributed by atoms with Gasteiger partial charge in [0.05, 0.1) is 45.8 Å². The molecule has 0 aliphatic carbocycles. The van der Waals surface area contributed by atoms with Gasteiger partial charge in [-0.25, -0.2) is 0 Å². The highest BCUT2D eigenvalue weighted by Gasteiger charge is 2.27. The van der Waals surface area contributed by atoms with Crippen molar-refractivity contribution in [1.29, 1.82) is 0 Å². The number of hydrogen-bond acceptors (Lipinski definition) is 12. The number of para-hydroxylation sites is 2. The number of halogens is 5. The Bertz CT molecular complexity index is 2830. The molecule has 21 heteroatoms. The van der Waals surface area contributed by atoms with Gasteiger partial charge in [0.25, 0.3) is 23.6 Å². The number of hydrogen-bond donors (Lipinski definition) is 4. The van der Waals surface area contributed by atoms with Crippen LogP contribution >= 0.6 is 58.0 Å². The number of aryl methyl sites for hydroxylation is 2. The van der Waals surface area contributed by atoms with Gasteiger partial charge in [0, 0.05) is 29.0 Å². The number of ketones is 2. The Kier molecular flexibility index (Phi) is 20.7. The maximum absolute atomic E-state index is 13.5. The van der Waals surface area contributed by atoms with Gasteiger partial charge < -0.3 is 30.7 Å². The van der Waals surface area contributed by atoms with Gasteiger partial charge in [-0.15, -0.1) is 34.8 Å². The van der Waals surface area contributed by atoms with E-state index in [-0.39, 0.29) is 49.8 Å². The number of carbonyl (C=O) groups excluding carboxylic acids is 6. The van der Waals surface area contributed by atoms with Gasteiger partial charge in [-0.2, -0.15) is 20.5 Å². The number of Topliss-reactive ketones (excluding diaryl/α,β-unsaturated/α-hetero) is 2. The Morgan fingerprint density at radius 3 is 1.40 bits per heavy atom. The maximum Gasteiger partial charge on any atom is 0.258 e. The van der Waals surface area contributed by atoms with Crippen LogP contribution in [0.25, 0.3) is 0 Å². The molecule has 0 saturated heterocycles. The third-order valence-electron chi connectivity index (χ3n) is 10.0. The van der Waals surface area contributed by atoms with Crippen molar-refractivity contribution in [2.24, 2.45) is 20.5 Å². The summed E-state index contributed by atoms with van der Waals surface area (Å²) in [6.07, 6.45) is 1.03. The quantitative estimate of drug-likeness (QED) is 0.0279. The number of benzene rings is 5. The van der Waals surface area contributed by atoms with E-state index < -0.39 is 47.3 Å². The second-order valence-corrected chi connectivity index (χ2v) is 16.7. The zero-order valence-corrected chi connectivity index (χ0v) is 42.0. The third kappa shape index (κ3) is 14.1. The van der Waals surface area contributed by atoms with Gasteiger partial charge in [-0.1, -0.05) is 59.6 Å². The maximum atomic E-state index is 13.5. The van der Waals surface area contributed by atoms with Gasteiger partial charge in [0.15, 0.2) is 11.6 Å². The molecule has 0 spiro atoms. The van der Waals surface area contributed by atoms with Crippen molar-refractivity contribution in [2.75, 3.05) is 46.2 Å². The molecule has 0 saturated carbocycles. The molecule has 2 unspecified atom stereocenters. The molecule has 4 N–H and O–H groups in total. The molecule has 0 aromatic heterocycles. The molecule has 5 rings (SSSR count). The van der Waals surface area contributed by atoms with Crippen molar-refractivity contribution in [3.05, 3.63) is 129 Å². The van der Waals surface area contributed by atoms with E-state index in [9.17, 15) is 28.8 Å². The van der Waals surface area contributed by atoms with Crippen molar-refractivity contribution < 1.29 is 38.2 Å². The summed E-state index contributed by atoms with van der Waals surface area (Å²) in [5, 5.41) is 26.8. The van der Waals surface area contributed by atoms with Crippen molar-refractivity contribution in [3.8, 4) is 11.5 Å². The molecular weight excluding hydrogens is 1010 g/mol. The number of ether oxygens (including phenoxy) is 2. The van der Waals surface area contributed by atoms with Crippen LogP contribution in [0.2, 0.25) is 10.0 Å². The Morgan fingerprint density at radius 2 is 0.986 bits per heavy atom. The predicted octanol–water partition coefficient (Wildman–Crippen LogP) is 12.0. The smallest absolute Gasteiger partial charge is 0.258 e. The van der Waals surface area contributed by atoms with Crippen LogP contribution in [0.1, 0.15) is 65.1 Å². The van der Waals surface area contributed by atoms with E-state index >= 15 is 0 Å². The van der Waals surface area contributed by atoms with Crippen LogP contribution in [0.3, 0.4) is 0 Å². The molecule has 0 aliphatic heterocycles. The highest BCUT2D eigenvalue weighted by Crippen LogP contribution is 2.35. The average Bonchev–Trinajstić information content (AvgIpc) is 3.32. The Hall–Kier alpha value is -6.43. The zero-order valence-electron chi connectivity index (χ0n) is 38.2. The summed E-state index contributed by atoms with van der Waals surface area (Å²) >= 11 is 31.4. The summed E-state index contributed by atoms with van der Waals surface area (Å²) in [4.78, 5) is 79.2. The fourth-order valence-corrected chi connectivity index (χ4v) is 7.84. The molecule has 366 valence electrons. The summed E-state index contributed by atoms with van der Waals surface area (Å²) in [6, 6.07) is 20.5. The number of carbonyl (C=O) groups is 6. The fraction of sp³-hybridized carbons (Fsp3) is 0.265. The van der Waals surface area contributed by atoms with Gasteiger partial charge in [0.2, 0.25) is 12.1 Å². The highest BCUT2D eigenvalue weighted by molar-refractivity contribution is 6.37. The Morgan fingerprint density at radius 1 is 0.543 bits per heavy atom. The largest absolute Gasteiger partial charge is 0.491 e. The lowest BCUT2D eigenvalue weighted by Gasteiger charge is -2.16. The highest BCUT2D eigenvalue weighted by atomic mass is 35.5. The lowest BCUT2D eigenvalue weighted by molar-refractivity contribution is -0.127. The Labute approximate surface area is 428 Å². The van der Waals surface area contributed by atoms with E-state index in [1.54, 1.807) is 24.3 Å². The fourth-order valence-electron chi connectivity index (χ4n) is 6.71. The van der Waals surface area contributed by atoms with Crippen molar-refractivity contribution >= 4 is 127 Å². The molecular formula is C49H47Cl5N8O8. The summed E-state index contributed by atoms with van der Waals surface area (Å²) in [7, 11) is 0. The van der Waals surface area contributed by atoms with Gasteiger partial charge in [-0.05, 0) is 112 Å². The lowest BCUT2D eigenvalue weighted by atomic mass is 10.1. The first-order valence-electron chi connectivity index (χ1n) is 21.6. The van der Waals surface area contributed by atoms with Crippen molar-refractivity contribution in [2.45, 2.75) is 58.5 Å². The molecule has 4 amide bonds. The summed E-state index contributed by atoms with van der Waals surface area (Å²) < 4.78 is 11.6. The van der Waals surface area contributed by atoms with E-state index in [2.05, 4.69) is 41.7 Å². The number of azo groups is 2. The first-order valence-corrected chi connectivity index (χ1v) is 24.0. The van der Waals surface area contributed by atoms with E-state index in [1.807, 2.05) is 26.0 Å². The van der Waals surface area contributed by atoms with E-state index in [1.165, 1.54) is 54.6 Å². The van der Waals surface area contributed by atoms with Crippen LogP contribution in [0.15, 0.2) is 111 Å². The minimum atomic E-state index is -1.65. The molecule has 5 aromatic rings. The number of alkyl halides is 3. The SMILES string of the molecule is CCOc1c(CCCl)cccc1NC(=O)c1cccc(N=NC(C(C)=O)C(=O)Nc2ccc(NC(=O)C(N=Nc3cccc(C(=O)Nc4cccc(CCCl)c4OCC)c3Cl)C(C)=O)c(CCl)c2)c1Cl. The van der Waals surface area contributed by atoms with Crippen LogP contribution in [-0.2, 0) is 37.9 Å². The number of anilines is 4. The standard InChI is InChI=1S/C49H47Cl5N8O8/c1-5-69-44-29(21-23-50)11-7-17-38(44)57-46(65)33-13-9-15-36(40(33)53)59-61-42(27(3)63)48(67)55-32-19-20-35(31(25-32)26-52)56-49(68)43(28(4)64)62-60-37-16-10-14-34(41(37)54)47(66)58-39-18-8-12-30(22-24-51)45(39)70-6-2/h7-20,25,42-43H,5-6,21-24,26H2,1-4H3,(H,55,67)(H,56,68)(H,57,65)(H,58,66). The molecule has 16 nitrogen and oxygen atoms in total. The number of nitrogens with one attached hydrogen (secondary N) is 4. The lowest BCUT2D eigenvalue weighted by Crippen LogP contribution is -2.32. The van der Waals surface area contributed by atoms with E-state index in [0.29, 0.717) is 66.3 Å². The molecule has 70 heavy (non-hydrogen) atoms. The van der Waals surface area contributed by atoms with Crippen LogP contribution in [0.5, 0.6) is 11.5 Å². The summed E-state index contributed by atoms with van der Waals surface area (Å²) in [6.45, 7) is 6.64. The number of nitrogens with zero attached hydrogens (tertiary/aromatic N) is 4. The van der Waals surface area contributed by atoms with E-state index in [4.69, 9.17) is 67.5 Å². The minimum absolute atomic E-state index is 0.0104. The topological polar surface area (TPSA) is 218 Å². The van der Waals surface area contributed by atoms with Gasteiger partial charge >= 0.3 is 0 Å². The number of rotatable bonds is 23. The van der Waals surface area contributed by atoms with E-state index in [0.717, 1.165) is 25.0 Å². The van der Waals surface area contributed by atoms with Gasteiger partial charge in [-0.3, -0.25) is 28.8 Å². The molecule has 0 fully saturated rings. The molecule has 0 radical (unpaired) electrons. The zero-order chi connectivity index (χ0) is 50.9. The van der Waals surface area contributed by atoms with Gasteiger partial charge in [0.1, 0.15) is 22.9 Å². The minimum Gasteiger partial charge on any atom is -0.491 e. The number of amides is 4. The molecule has 0 heterocycles. The average molecular weight is 1050 g/mol. The van der Waals surface area contributed by atoms with Crippen molar-refractivity contribution in [3.63, 3.8) is 0 Å². The predicted molar refractivity (Wildman–Crippen MR) is 274 cm³/mol. The third-order valence-corrected chi connectivity index (χ3v) is 11.5. The molecule has 2 atom stereocenters. The normalized spacial score (nSPS) is 12.0. The second kappa shape index (κ2) is 26.5. The summed E-state index contributed by atoms with van der Waals surface area (Å²) in [5.41, 5.74) is 3.22. The monoisotopic (exact) mass is 1050 g/mol.